The number of allylic oxidation sites excluding steroid dienone is 2. The van der Waals surface area contributed by atoms with Crippen LogP contribution in [-0.2, 0) is 14.3 Å². The Kier molecular flexibility index (Phi) is 5.85. The number of ether oxygens (including phenoxy) is 1. The van der Waals surface area contributed by atoms with E-state index in [4.69, 9.17) is 9.84 Å². The van der Waals surface area contributed by atoms with Crippen LogP contribution in [-0.4, -0.2) is 37.2 Å². The van der Waals surface area contributed by atoms with E-state index < -0.39 is 17.8 Å². The quantitative estimate of drug-likeness (QED) is 0.696. The van der Waals surface area contributed by atoms with Gasteiger partial charge in [0.05, 0.1) is 18.4 Å². The lowest BCUT2D eigenvalue weighted by molar-refractivity contribution is -0.147. The molecule has 1 aliphatic carbocycles. The first kappa shape index (κ1) is 14.7. The van der Waals surface area contributed by atoms with E-state index in [1.807, 2.05) is 19.1 Å². The summed E-state index contributed by atoms with van der Waals surface area (Å²) in [6, 6.07) is 0. The second-order valence-electron chi connectivity index (χ2n) is 4.80. The van der Waals surface area contributed by atoms with E-state index in [-0.39, 0.29) is 11.8 Å². The van der Waals surface area contributed by atoms with E-state index >= 15 is 0 Å². The normalized spacial score (nSPS) is 24.6. The predicted molar refractivity (Wildman–Crippen MR) is 67.0 cm³/mol. The molecule has 2 N–H and O–H groups in total. The van der Waals surface area contributed by atoms with Crippen molar-refractivity contribution in [3.63, 3.8) is 0 Å². The van der Waals surface area contributed by atoms with Crippen molar-refractivity contribution >= 4 is 11.9 Å². The molecule has 0 aromatic carbocycles. The number of rotatable bonds is 6. The maximum atomic E-state index is 12.0. The molecule has 0 aromatic heterocycles. The summed E-state index contributed by atoms with van der Waals surface area (Å²) in [6.45, 7) is 3.06. The highest BCUT2D eigenvalue weighted by molar-refractivity contribution is 5.85. The Morgan fingerprint density at radius 3 is 2.56 bits per heavy atom. The molecule has 0 aromatic rings. The number of hydrogen-bond acceptors (Lipinski definition) is 3. The lowest BCUT2D eigenvalue weighted by atomic mass is 9.82. The average Bonchev–Trinajstić information content (AvgIpc) is 2.36. The molecule has 18 heavy (non-hydrogen) atoms. The fourth-order valence-corrected chi connectivity index (χ4v) is 2.13. The van der Waals surface area contributed by atoms with Crippen LogP contribution in [0.15, 0.2) is 12.2 Å². The van der Waals surface area contributed by atoms with Gasteiger partial charge in [-0.1, -0.05) is 19.1 Å². The lowest BCUT2D eigenvalue weighted by Crippen LogP contribution is -2.40. The second-order valence-corrected chi connectivity index (χ2v) is 4.80. The van der Waals surface area contributed by atoms with Gasteiger partial charge in [-0.25, -0.2) is 0 Å². The molecule has 1 rings (SSSR count). The molecule has 5 heteroatoms. The van der Waals surface area contributed by atoms with Crippen LogP contribution in [0.2, 0.25) is 0 Å². The van der Waals surface area contributed by atoms with Gasteiger partial charge in [0.2, 0.25) is 5.91 Å². The summed E-state index contributed by atoms with van der Waals surface area (Å²) >= 11 is 0. The number of methoxy groups -OCH3 is 1. The van der Waals surface area contributed by atoms with Crippen molar-refractivity contribution < 1.29 is 19.4 Å². The van der Waals surface area contributed by atoms with Crippen LogP contribution >= 0.6 is 0 Å². The maximum absolute atomic E-state index is 12.0. The Labute approximate surface area is 107 Å². The summed E-state index contributed by atoms with van der Waals surface area (Å²) in [4.78, 5) is 23.0. The number of carboxylic acids is 1. The van der Waals surface area contributed by atoms with Crippen LogP contribution in [0.25, 0.3) is 0 Å². The van der Waals surface area contributed by atoms with Crippen molar-refractivity contribution in [2.75, 3.05) is 20.3 Å². The summed E-state index contributed by atoms with van der Waals surface area (Å²) in [5.41, 5.74) is 0. The van der Waals surface area contributed by atoms with Gasteiger partial charge in [0.15, 0.2) is 0 Å². The number of aliphatic carboxylic acids is 1. The number of hydrogen-bond donors (Lipinski definition) is 2. The molecule has 0 saturated heterocycles. The highest BCUT2D eigenvalue weighted by Crippen LogP contribution is 2.25. The van der Waals surface area contributed by atoms with Crippen molar-refractivity contribution in [1.29, 1.82) is 0 Å². The zero-order chi connectivity index (χ0) is 13.5. The number of carboxylic acid groups (broad SMARTS) is 1. The summed E-state index contributed by atoms with van der Waals surface area (Å²) in [5.74, 6) is -1.91. The van der Waals surface area contributed by atoms with Gasteiger partial charge in [0, 0.05) is 13.7 Å². The Hall–Kier alpha value is -1.36. The summed E-state index contributed by atoms with van der Waals surface area (Å²) in [6.07, 6.45) is 4.64. The van der Waals surface area contributed by atoms with Crippen molar-refractivity contribution in [2.24, 2.45) is 17.8 Å². The van der Waals surface area contributed by atoms with Gasteiger partial charge < -0.3 is 15.2 Å². The second kappa shape index (κ2) is 7.16. The summed E-state index contributed by atoms with van der Waals surface area (Å²) in [7, 11) is 1.62. The first-order chi connectivity index (χ1) is 8.56. The predicted octanol–water partition coefficient (Wildman–Crippen LogP) is 1.05. The van der Waals surface area contributed by atoms with E-state index in [1.165, 1.54) is 0 Å². The standard InChI is InChI=1S/C13H21NO4/c1-9(8-18-2)7-14-12(15)10-5-3-4-6-11(10)13(16)17/h3-4,9-11H,5-8H2,1-2H3,(H,14,15)(H,16,17)/t9?,10-,11+/m1/s1. The Morgan fingerprint density at radius 2 is 2.00 bits per heavy atom. The third-order valence-electron chi connectivity index (χ3n) is 3.16. The summed E-state index contributed by atoms with van der Waals surface area (Å²) < 4.78 is 4.98. The Bertz CT molecular complexity index is 327. The molecular weight excluding hydrogens is 234 g/mol. The third-order valence-corrected chi connectivity index (χ3v) is 3.16. The van der Waals surface area contributed by atoms with Gasteiger partial charge in [0.1, 0.15) is 0 Å². The van der Waals surface area contributed by atoms with Gasteiger partial charge >= 0.3 is 5.97 Å². The van der Waals surface area contributed by atoms with Crippen LogP contribution in [0.5, 0.6) is 0 Å². The molecule has 3 atom stereocenters. The molecule has 102 valence electrons. The molecule has 0 spiro atoms. The first-order valence-electron chi connectivity index (χ1n) is 6.20. The van der Waals surface area contributed by atoms with Crippen molar-refractivity contribution in [1.82, 2.24) is 5.32 Å². The fourth-order valence-electron chi connectivity index (χ4n) is 2.13. The van der Waals surface area contributed by atoms with Crippen molar-refractivity contribution in [3.8, 4) is 0 Å². The monoisotopic (exact) mass is 255 g/mol. The Morgan fingerprint density at radius 1 is 1.39 bits per heavy atom. The zero-order valence-electron chi connectivity index (χ0n) is 10.9. The molecule has 0 saturated carbocycles. The molecule has 0 fully saturated rings. The molecule has 1 unspecified atom stereocenters. The zero-order valence-corrected chi connectivity index (χ0v) is 10.9. The molecule has 0 heterocycles. The van der Waals surface area contributed by atoms with E-state index in [0.29, 0.717) is 26.0 Å². The van der Waals surface area contributed by atoms with E-state index in [0.717, 1.165) is 0 Å². The minimum absolute atomic E-state index is 0.172. The fraction of sp³-hybridized carbons (Fsp3) is 0.692. The van der Waals surface area contributed by atoms with Gasteiger partial charge in [-0.05, 0) is 18.8 Å². The lowest BCUT2D eigenvalue weighted by Gasteiger charge is -2.24. The number of amides is 1. The molecule has 0 bridgehead atoms. The number of nitrogens with one attached hydrogen (secondary N) is 1. The van der Waals surface area contributed by atoms with E-state index in [2.05, 4.69) is 5.32 Å². The first-order valence-corrected chi connectivity index (χ1v) is 6.20. The van der Waals surface area contributed by atoms with Gasteiger partial charge in [0.25, 0.3) is 0 Å². The van der Waals surface area contributed by atoms with Gasteiger partial charge in [-0.15, -0.1) is 0 Å². The summed E-state index contributed by atoms with van der Waals surface area (Å²) in [5, 5.41) is 11.9. The molecule has 0 radical (unpaired) electrons. The largest absolute Gasteiger partial charge is 0.481 e. The van der Waals surface area contributed by atoms with E-state index in [9.17, 15) is 9.59 Å². The van der Waals surface area contributed by atoms with Crippen LogP contribution in [0.3, 0.4) is 0 Å². The van der Waals surface area contributed by atoms with Crippen LogP contribution in [0, 0.1) is 17.8 Å². The molecule has 1 amide bonds. The van der Waals surface area contributed by atoms with Crippen molar-refractivity contribution in [3.05, 3.63) is 12.2 Å². The molecule has 1 aliphatic rings. The SMILES string of the molecule is COCC(C)CNC(=O)[C@@H]1CC=CC[C@@H]1C(=O)O. The number of carbonyl (C=O) groups is 2. The van der Waals surface area contributed by atoms with E-state index in [1.54, 1.807) is 7.11 Å². The number of carbonyl (C=O) groups excluding carboxylic acids is 1. The maximum Gasteiger partial charge on any atom is 0.307 e. The smallest absolute Gasteiger partial charge is 0.307 e. The van der Waals surface area contributed by atoms with Gasteiger partial charge in [-0.2, -0.15) is 0 Å². The third kappa shape index (κ3) is 4.14. The van der Waals surface area contributed by atoms with Crippen LogP contribution in [0.4, 0.5) is 0 Å². The van der Waals surface area contributed by atoms with Gasteiger partial charge in [-0.3, -0.25) is 9.59 Å². The average molecular weight is 255 g/mol. The highest BCUT2D eigenvalue weighted by atomic mass is 16.5. The highest BCUT2D eigenvalue weighted by Gasteiger charge is 2.33. The Balaban J connectivity index is 2.49. The topological polar surface area (TPSA) is 75.6 Å². The van der Waals surface area contributed by atoms with Crippen LogP contribution in [0.1, 0.15) is 19.8 Å². The molecule has 0 aliphatic heterocycles. The van der Waals surface area contributed by atoms with Crippen LogP contribution < -0.4 is 5.32 Å². The van der Waals surface area contributed by atoms with Crippen molar-refractivity contribution in [2.45, 2.75) is 19.8 Å². The minimum Gasteiger partial charge on any atom is -0.481 e. The molecule has 5 nitrogen and oxygen atoms in total. The minimum atomic E-state index is -0.899. The molecular formula is C13H21NO4.